The molecule has 0 unspecified atom stereocenters. The first-order valence-electron chi connectivity index (χ1n) is 20.5. The second-order valence-electron chi connectivity index (χ2n) is 15.6. The summed E-state index contributed by atoms with van der Waals surface area (Å²) in [5.74, 6) is 1.78. The molecule has 0 saturated carbocycles. The van der Waals surface area contributed by atoms with E-state index in [1.165, 1.54) is 64.7 Å². The number of ether oxygens (including phenoxy) is 1. The Hall–Kier alpha value is -7.33. The van der Waals surface area contributed by atoms with Gasteiger partial charge in [0.2, 0.25) is 0 Å². The Morgan fingerprint density at radius 3 is 1.40 bits per heavy atom. The van der Waals surface area contributed by atoms with E-state index in [1.807, 2.05) is 11.8 Å². The zero-order valence-electron chi connectivity index (χ0n) is 32.6. The number of fused-ring (bicyclic) bond motifs is 10. The number of rotatable bonds is 5. The van der Waals surface area contributed by atoms with Crippen molar-refractivity contribution in [2.24, 2.45) is 0 Å². The highest BCUT2D eigenvalue weighted by Gasteiger charge is 2.50. The number of hydrogen-bond acceptors (Lipinski definition) is 3. The minimum atomic E-state index is -0.596. The molecule has 1 spiro atoms. The van der Waals surface area contributed by atoms with Gasteiger partial charge in [-0.1, -0.05) is 188 Å². The van der Waals surface area contributed by atoms with Gasteiger partial charge in [0, 0.05) is 32.3 Å². The molecule has 60 heavy (non-hydrogen) atoms. The molecule has 12 rings (SSSR count). The molecule has 2 heterocycles. The maximum Gasteiger partial charge on any atom is 0.132 e. The third-order valence-electron chi connectivity index (χ3n) is 12.4. The van der Waals surface area contributed by atoms with Crippen molar-refractivity contribution in [1.82, 2.24) is 0 Å². The van der Waals surface area contributed by atoms with Gasteiger partial charge in [-0.15, -0.1) is 0 Å². The summed E-state index contributed by atoms with van der Waals surface area (Å²) in [4.78, 5) is 4.91. The zero-order chi connectivity index (χ0) is 39.6. The van der Waals surface area contributed by atoms with Gasteiger partial charge in [0.15, 0.2) is 0 Å². The minimum Gasteiger partial charge on any atom is -0.457 e. The van der Waals surface area contributed by atoms with Gasteiger partial charge in [0.05, 0.1) is 11.1 Å². The standard InChI is InChI=1S/C57H37NOS/c1-3-18-44-38(14-1)16-11-20-46(44)40-30-34-42(35-31-40)58(43-36-32-41(33-37-43)47-21-12-17-39-15-2-4-19-45(39)47)52-26-13-25-51-56(52)60-55-29-10-7-24-50(55)57(51)48-22-5-8-27-53(48)59-54-28-9-6-23-49(54)57/h1-37H. The van der Waals surface area contributed by atoms with Gasteiger partial charge in [0.25, 0.3) is 0 Å². The molecular weight excluding hydrogens is 747 g/mol. The molecule has 0 atom stereocenters. The van der Waals surface area contributed by atoms with Gasteiger partial charge in [-0.25, -0.2) is 0 Å². The van der Waals surface area contributed by atoms with E-state index in [4.69, 9.17) is 4.74 Å². The van der Waals surface area contributed by atoms with E-state index in [-0.39, 0.29) is 0 Å². The molecule has 0 saturated heterocycles. The first-order chi connectivity index (χ1) is 29.8. The van der Waals surface area contributed by atoms with E-state index >= 15 is 0 Å². The van der Waals surface area contributed by atoms with E-state index in [9.17, 15) is 0 Å². The van der Waals surface area contributed by atoms with Gasteiger partial charge in [0.1, 0.15) is 11.5 Å². The van der Waals surface area contributed by atoms with Crippen LogP contribution in [-0.2, 0) is 5.41 Å². The number of anilines is 3. The predicted molar refractivity (Wildman–Crippen MR) is 250 cm³/mol. The quantitative estimate of drug-likeness (QED) is 0.172. The van der Waals surface area contributed by atoms with Crippen molar-refractivity contribution in [3.05, 3.63) is 247 Å². The van der Waals surface area contributed by atoms with Crippen molar-refractivity contribution >= 4 is 50.4 Å². The molecule has 0 bridgehead atoms. The van der Waals surface area contributed by atoms with Crippen LogP contribution >= 0.6 is 11.8 Å². The van der Waals surface area contributed by atoms with Crippen molar-refractivity contribution < 1.29 is 4.74 Å². The molecule has 0 aliphatic carbocycles. The smallest absolute Gasteiger partial charge is 0.132 e. The molecule has 3 heteroatoms. The first kappa shape index (κ1) is 34.7. The van der Waals surface area contributed by atoms with E-state index in [0.29, 0.717) is 0 Å². The monoisotopic (exact) mass is 783 g/mol. The Morgan fingerprint density at radius 2 is 0.817 bits per heavy atom. The molecule has 2 aliphatic heterocycles. The molecule has 0 fully saturated rings. The average Bonchev–Trinajstić information content (AvgIpc) is 3.32. The lowest BCUT2D eigenvalue weighted by Gasteiger charge is -2.46. The summed E-state index contributed by atoms with van der Waals surface area (Å²) in [7, 11) is 0. The van der Waals surface area contributed by atoms with Crippen LogP contribution in [0.4, 0.5) is 17.1 Å². The van der Waals surface area contributed by atoms with Crippen molar-refractivity contribution in [1.29, 1.82) is 0 Å². The maximum absolute atomic E-state index is 6.68. The highest BCUT2D eigenvalue weighted by molar-refractivity contribution is 7.99. The van der Waals surface area contributed by atoms with Gasteiger partial charge >= 0.3 is 0 Å². The summed E-state index contributed by atoms with van der Waals surface area (Å²) in [6.45, 7) is 0. The van der Waals surface area contributed by atoms with Gasteiger partial charge in [-0.2, -0.15) is 0 Å². The summed E-state index contributed by atoms with van der Waals surface area (Å²) in [5, 5.41) is 4.99. The van der Waals surface area contributed by atoms with Crippen LogP contribution in [0.1, 0.15) is 22.3 Å². The lowest BCUT2D eigenvalue weighted by molar-refractivity contribution is 0.431. The average molecular weight is 784 g/mol. The molecule has 0 aromatic heterocycles. The Balaban J connectivity index is 1.08. The van der Waals surface area contributed by atoms with Crippen molar-refractivity contribution in [3.63, 3.8) is 0 Å². The van der Waals surface area contributed by atoms with Crippen molar-refractivity contribution in [2.45, 2.75) is 15.2 Å². The highest BCUT2D eigenvalue weighted by atomic mass is 32.2. The fourth-order valence-corrected chi connectivity index (χ4v) is 11.1. The molecule has 282 valence electrons. The Labute approximate surface area is 354 Å². The van der Waals surface area contributed by atoms with Crippen molar-refractivity contribution in [2.75, 3.05) is 4.90 Å². The maximum atomic E-state index is 6.68. The van der Waals surface area contributed by atoms with Crippen LogP contribution in [-0.4, -0.2) is 0 Å². The zero-order valence-corrected chi connectivity index (χ0v) is 33.4. The Kier molecular flexibility index (Phi) is 8.04. The van der Waals surface area contributed by atoms with Crippen LogP contribution in [0.25, 0.3) is 43.8 Å². The molecule has 0 radical (unpaired) electrons. The van der Waals surface area contributed by atoms with Gasteiger partial charge in [-0.05, 0) is 103 Å². The third kappa shape index (κ3) is 5.29. The lowest BCUT2D eigenvalue weighted by Crippen LogP contribution is -2.37. The summed E-state index contributed by atoms with van der Waals surface area (Å²) < 4.78 is 6.68. The van der Waals surface area contributed by atoms with Crippen LogP contribution in [0.15, 0.2) is 234 Å². The highest BCUT2D eigenvalue weighted by Crippen LogP contribution is 2.63. The molecule has 2 aliphatic rings. The number of nitrogens with zero attached hydrogens (tertiary/aromatic N) is 1. The van der Waals surface area contributed by atoms with E-state index in [0.717, 1.165) is 39.7 Å². The Morgan fingerprint density at radius 1 is 0.367 bits per heavy atom. The van der Waals surface area contributed by atoms with Crippen molar-refractivity contribution in [3.8, 4) is 33.8 Å². The second-order valence-corrected chi connectivity index (χ2v) is 16.6. The largest absolute Gasteiger partial charge is 0.457 e. The molecule has 0 amide bonds. The third-order valence-corrected chi connectivity index (χ3v) is 13.6. The fourth-order valence-electron chi connectivity index (χ4n) is 9.76. The normalized spacial score (nSPS) is 13.2. The summed E-state index contributed by atoms with van der Waals surface area (Å²) in [6, 6.07) is 81.7. The summed E-state index contributed by atoms with van der Waals surface area (Å²) in [5.41, 5.74) is 12.4. The molecule has 2 nitrogen and oxygen atoms in total. The van der Waals surface area contributed by atoms with E-state index < -0.39 is 5.41 Å². The van der Waals surface area contributed by atoms with Gasteiger partial charge in [-0.3, -0.25) is 0 Å². The van der Waals surface area contributed by atoms with Crippen LogP contribution in [0, 0.1) is 0 Å². The Bertz CT molecular complexity index is 3080. The SMILES string of the molecule is c1ccc2c(c1)Oc1ccccc1C21c2ccccc2Sc2c(N(c3ccc(-c4cccc5ccccc45)cc3)c3ccc(-c4cccc5ccccc45)cc3)cccc21. The van der Waals surface area contributed by atoms with Crippen LogP contribution in [0.5, 0.6) is 11.5 Å². The molecule has 10 aromatic rings. The number of benzene rings is 10. The first-order valence-corrected chi connectivity index (χ1v) is 21.3. The summed E-state index contributed by atoms with van der Waals surface area (Å²) in [6.07, 6.45) is 0. The van der Waals surface area contributed by atoms with E-state index in [1.54, 1.807) is 0 Å². The molecule has 10 aromatic carbocycles. The molecule has 0 N–H and O–H groups in total. The topological polar surface area (TPSA) is 12.5 Å². The second kappa shape index (κ2) is 13.9. The predicted octanol–water partition coefficient (Wildman–Crippen LogP) is 15.7. The summed E-state index contributed by atoms with van der Waals surface area (Å²) >= 11 is 1.86. The molecular formula is C57H37NOS. The van der Waals surface area contributed by atoms with Crippen LogP contribution < -0.4 is 9.64 Å². The van der Waals surface area contributed by atoms with E-state index in [2.05, 4.69) is 229 Å². The fraction of sp³-hybridized carbons (Fsp3) is 0.0175. The van der Waals surface area contributed by atoms with Crippen LogP contribution in [0.3, 0.4) is 0 Å². The lowest BCUT2D eigenvalue weighted by atomic mass is 9.63. The minimum absolute atomic E-state index is 0.596. The number of hydrogen-bond donors (Lipinski definition) is 0. The number of para-hydroxylation sites is 2. The van der Waals surface area contributed by atoms with Gasteiger partial charge < -0.3 is 9.64 Å². The van der Waals surface area contributed by atoms with Crippen LogP contribution in [0.2, 0.25) is 0 Å².